The van der Waals surface area contributed by atoms with Gasteiger partial charge < -0.3 is 20.4 Å². The zero-order chi connectivity index (χ0) is 18.5. The van der Waals surface area contributed by atoms with Crippen molar-refractivity contribution in [1.82, 2.24) is 0 Å². The number of benzene rings is 2. The van der Waals surface area contributed by atoms with Crippen LogP contribution in [0, 0.1) is 0 Å². The number of aromatic hydroxyl groups is 2. The molecule has 0 radical (unpaired) electrons. The summed E-state index contributed by atoms with van der Waals surface area (Å²) in [5.41, 5.74) is 2.03. The summed E-state index contributed by atoms with van der Waals surface area (Å²) in [5, 5.41) is 33.4. The first kappa shape index (κ1) is 20.5. The van der Waals surface area contributed by atoms with Crippen molar-refractivity contribution in [2.24, 2.45) is 0 Å². The van der Waals surface area contributed by atoms with Crippen LogP contribution in [0.25, 0.3) is 11.1 Å². The van der Waals surface area contributed by atoms with Gasteiger partial charge in [-0.2, -0.15) is 0 Å². The highest BCUT2D eigenvalue weighted by Crippen LogP contribution is 2.23. The van der Waals surface area contributed by atoms with Gasteiger partial charge in [-0.15, -0.1) is 0 Å². The Kier molecular flexibility index (Phi) is 9.45. The molecule has 2 aromatic carbocycles. The minimum Gasteiger partial charge on any atom is -0.508 e. The Balaban J connectivity index is 0.000000442. The van der Waals surface area contributed by atoms with Crippen LogP contribution in [0.3, 0.4) is 0 Å². The Morgan fingerprint density at radius 2 is 0.875 bits per heavy atom. The topological polar surface area (TPSA) is 115 Å². The van der Waals surface area contributed by atoms with Crippen molar-refractivity contribution in [1.29, 1.82) is 0 Å². The van der Waals surface area contributed by atoms with E-state index in [-0.39, 0.29) is 11.5 Å². The molecule has 24 heavy (non-hydrogen) atoms. The summed E-state index contributed by atoms with van der Waals surface area (Å²) in [6.45, 7) is 5.92. The van der Waals surface area contributed by atoms with Crippen LogP contribution < -0.4 is 0 Å². The van der Waals surface area contributed by atoms with Gasteiger partial charge in [0.15, 0.2) is 0 Å². The number of carboxylic acid groups (broad SMARTS) is 2. The van der Waals surface area contributed by atoms with Crippen LogP contribution in [-0.2, 0) is 9.59 Å². The van der Waals surface area contributed by atoms with Gasteiger partial charge in [0.25, 0.3) is 0 Å². The van der Waals surface area contributed by atoms with E-state index >= 15 is 0 Å². The van der Waals surface area contributed by atoms with Crippen LogP contribution in [0.2, 0.25) is 0 Å². The second-order valence-electron chi connectivity index (χ2n) is 4.18. The molecule has 0 saturated carbocycles. The first-order chi connectivity index (χ1) is 11.3. The number of phenolic OH excluding ortho intramolecular Hbond substituents is 2. The molecular formula is C18H18O6. The molecule has 126 valence electrons. The Morgan fingerprint density at radius 1 is 0.667 bits per heavy atom. The number of rotatable bonds is 3. The lowest BCUT2D eigenvalue weighted by Gasteiger charge is -2.01. The van der Waals surface area contributed by atoms with Gasteiger partial charge in [-0.3, -0.25) is 0 Å². The fourth-order valence-corrected chi connectivity index (χ4v) is 1.31. The molecule has 0 spiro atoms. The molecule has 2 rings (SSSR count). The molecule has 0 amide bonds. The summed E-state index contributed by atoms with van der Waals surface area (Å²) < 4.78 is 0. The smallest absolute Gasteiger partial charge is 0.327 e. The van der Waals surface area contributed by atoms with Gasteiger partial charge in [-0.25, -0.2) is 9.59 Å². The van der Waals surface area contributed by atoms with E-state index in [1.54, 1.807) is 24.3 Å². The van der Waals surface area contributed by atoms with Crippen molar-refractivity contribution < 1.29 is 30.0 Å². The zero-order valence-corrected chi connectivity index (χ0v) is 12.8. The quantitative estimate of drug-likeness (QED) is 0.642. The van der Waals surface area contributed by atoms with Crippen molar-refractivity contribution in [2.75, 3.05) is 0 Å². The van der Waals surface area contributed by atoms with Crippen molar-refractivity contribution in [3.05, 3.63) is 73.8 Å². The number of hydrogen-bond acceptors (Lipinski definition) is 4. The van der Waals surface area contributed by atoms with E-state index in [0.29, 0.717) is 0 Å². The summed E-state index contributed by atoms with van der Waals surface area (Å²) in [6.07, 6.45) is 1.67. The molecule has 0 fully saturated rings. The predicted octanol–water partition coefficient (Wildman–Crippen LogP) is 3.28. The second-order valence-corrected chi connectivity index (χ2v) is 4.18. The lowest BCUT2D eigenvalue weighted by molar-refractivity contribution is -0.132. The average Bonchev–Trinajstić information content (AvgIpc) is 2.57. The van der Waals surface area contributed by atoms with Crippen molar-refractivity contribution in [2.45, 2.75) is 0 Å². The van der Waals surface area contributed by atoms with Gasteiger partial charge >= 0.3 is 11.9 Å². The molecule has 4 N–H and O–H groups in total. The van der Waals surface area contributed by atoms with E-state index in [4.69, 9.17) is 20.4 Å². The van der Waals surface area contributed by atoms with Crippen LogP contribution in [0.5, 0.6) is 11.5 Å². The number of phenols is 2. The number of carboxylic acids is 2. The van der Waals surface area contributed by atoms with Gasteiger partial charge in [0.1, 0.15) is 11.5 Å². The summed E-state index contributed by atoms with van der Waals surface area (Å²) in [6, 6.07) is 13.9. The molecule has 0 aromatic heterocycles. The second kappa shape index (κ2) is 11.1. The molecule has 0 bridgehead atoms. The van der Waals surface area contributed by atoms with E-state index in [1.807, 2.05) is 24.3 Å². The van der Waals surface area contributed by atoms with Crippen molar-refractivity contribution in [3.8, 4) is 22.6 Å². The van der Waals surface area contributed by atoms with Gasteiger partial charge in [-0.1, -0.05) is 37.4 Å². The SMILES string of the molecule is C=CC(=O)O.C=CC(=O)O.Oc1ccc(-c2ccc(O)cc2)cc1. The Bertz CT molecular complexity index is 610. The predicted molar refractivity (Wildman–Crippen MR) is 90.9 cm³/mol. The Morgan fingerprint density at radius 3 is 1.04 bits per heavy atom. The van der Waals surface area contributed by atoms with Crippen LogP contribution in [-0.4, -0.2) is 32.4 Å². The van der Waals surface area contributed by atoms with E-state index in [2.05, 4.69) is 13.2 Å². The minimum absolute atomic E-state index is 0.257. The first-order valence-electron chi connectivity index (χ1n) is 6.59. The maximum absolute atomic E-state index is 9.25. The highest BCUT2D eigenvalue weighted by atomic mass is 16.4. The third kappa shape index (κ3) is 9.41. The molecular weight excluding hydrogens is 312 g/mol. The maximum Gasteiger partial charge on any atom is 0.327 e. The molecule has 0 aliphatic rings. The van der Waals surface area contributed by atoms with Crippen molar-refractivity contribution >= 4 is 11.9 Å². The molecule has 0 heterocycles. The van der Waals surface area contributed by atoms with Crippen LogP contribution in [0.15, 0.2) is 73.8 Å². The summed E-state index contributed by atoms with van der Waals surface area (Å²) in [4.78, 5) is 18.5. The molecule has 6 nitrogen and oxygen atoms in total. The summed E-state index contributed by atoms with van der Waals surface area (Å²) in [5.74, 6) is -1.45. The third-order valence-electron chi connectivity index (χ3n) is 2.42. The standard InChI is InChI=1S/C12H10O2.2C3H4O2/c13-11-5-1-9(2-6-11)10-3-7-12(14)8-4-10;2*1-2-3(4)5/h1-8,13-14H;2*2H,1H2,(H,4,5). The third-order valence-corrected chi connectivity index (χ3v) is 2.42. The Hall–Kier alpha value is -3.54. The van der Waals surface area contributed by atoms with Gasteiger partial charge in [-0.05, 0) is 35.4 Å². The van der Waals surface area contributed by atoms with Crippen LogP contribution >= 0.6 is 0 Å². The largest absolute Gasteiger partial charge is 0.508 e. The summed E-state index contributed by atoms with van der Waals surface area (Å²) in [7, 11) is 0. The van der Waals surface area contributed by atoms with Gasteiger partial charge in [0.2, 0.25) is 0 Å². The highest BCUT2D eigenvalue weighted by molar-refractivity contribution is 5.79. The molecule has 6 heteroatoms. The lowest BCUT2D eigenvalue weighted by Crippen LogP contribution is -1.82. The molecule has 0 aliphatic heterocycles. The lowest BCUT2D eigenvalue weighted by atomic mass is 10.1. The van der Waals surface area contributed by atoms with Gasteiger partial charge in [0, 0.05) is 12.2 Å². The minimum atomic E-state index is -0.981. The van der Waals surface area contributed by atoms with E-state index in [0.717, 1.165) is 23.3 Å². The number of aliphatic carboxylic acids is 2. The van der Waals surface area contributed by atoms with Crippen LogP contribution in [0.1, 0.15) is 0 Å². The number of hydrogen-bond donors (Lipinski definition) is 4. The maximum atomic E-state index is 9.25. The van der Waals surface area contributed by atoms with E-state index < -0.39 is 11.9 Å². The van der Waals surface area contributed by atoms with Crippen LogP contribution in [0.4, 0.5) is 0 Å². The first-order valence-corrected chi connectivity index (χ1v) is 6.59. The Labute approximate surface area is 139 Å². The average molecular weight is 330 g/mol. The number of carbonyl (C=O) groups is 2. The molecule has 2 aromatic rings. The fraction of sp³-hybridized carbons (Fsp3) is 0. The zero-order valence-electron chi connectivity index (χ0n) is 12.8. The highest BCUT2D eigenvalue weighted by Gasteiger charge is 1.97. The molecule has 0 unspecified atom stereocenters. The van der Waals surface area contributed by atoms with E-state index in [9.17, 15) is 9.59 Å². The molecule has 0 atom stereocenters. The van der Waals surface area contributed by atoms with E-state index in [1.165, 1.54) is 0 Å². The normalized spacial score (nSPS) is 8.50. The molecule has 0 aliphatic carbocycles. The summed E-state index contributed by atoms with van der Waals surface area (Å²) >= 11 is 0. The van der Waals surface area contributed by atoms with Gasteiger partial charge in [0.05, 0.1) is 0 Å². The monoisotopic (exact) mass is 330 g/mol. The molecule has 0 saturated heterocycles. The fourth-order valence-electron chi connectivity index (χ4n) is 1.31. The van der Waals surface area contributed by atoms with Crippen molar-refractivity contribution in [3.63, 3.8) is 0 Å².